The molecule has 5 rings (SSSR count). The summed E-state index contributed by atoms with van der Waals surface area (Å²) in [7, 11) is 0. The molecule has 0 spiro atoms. The second-order valence-corrected chi connectivity index (χ2v) is 9.42. The largest absolute Gasteiger partial charge is 0.341 e. The van der Waals surface area contributed by atoms with Gasteiger partial charge in [-0.3, -0.25) is 9.59 Å². The number of rotatable bonds is 5. The van der Waals surface area contributed by atoms with Crippen LogP contribution in [-0.2, 0) is 24.1 Å². The molecular formula is C26H26N2O2S. The summed E-state index contributed by atoms with van der Waals surface area (Å²) < 4.78 is 0. The Labute approximate surface area is 186 Å². The molecule has 1 fully saturated rings. The molecule has 1 aromatic heterocycles. The maximum atomic E-state index is 13.2. The highest BCUT2D eigenvalue weighted by Gasteiger charge is 2.29. The first-order chi connectivity index (χ1) is 15.2. The van der Waals surface area contributed by atoms with Crippen LogP contribution < -0.4 is 5.32 Å². The Balaban J connectivity index is 1.38. The number of likely N-dealkylation sites (tertiary alicyclic amines) is 1. The standard InChI is InChI=1S/C26H26N2O2S/c29-25(23-17-20-13-12-19-10-4-5-11-21(19)24(20)31-23)27-22(16-18-8-2-1-3-9-18)26(30)28-14-6-7-15-28/h1-5,8-11,17,22H,6-7,12-16H2,(H,27,29). The zero-order chi connectivity index (χ0) is 21.2. The lowest BCUT2D eigenvalue weighted by atomic mass is 9.91. The molecule has 0 bridgehead atoms. The average molecular weight is 431 g/mol. The van der Waals surface area contributed by atoms with Crippen molar-refractivity contribution in [1.82, 2.24) is 10.2 Å². The van der Waals surface area contributed by atoms with Crippen molar-refractivity contribution in [3.05, 3.63) is 82.2 Å². The van der Waals surface area contributed by atoms with Crippen molar-refractivity contribution in [2.45, 2.75) is 38.1 Å². The van der Waals surface area contributed by atoms with Crippen LogP contribution in [0, 0.1) is 0 Å². The molecule has 2 amide bonds. The summed E-state index contributed by atoms with van der Waals surface area (Å²) in [6.07, 6.45) is 4.54. The molecule has 31 heavy (non-hydrogen) atoms. The van der Waals surface area contributed by atoms with Crippen LogP contribution in [0.4, 0.5) is 0 Å². The van der Waals surface area contributed by atoms with Crippen LogP contribution in [0.5, 0.6) is 0 Å². The molecule has 5 heteroatoms. The fraction of sp³-hybridized carbons (Fsp3) is 0.308. The summed E-state index contributed by atoms with van der Waals surface area (Å²) in [5.74, 6) is -0.119. The lowest BCUT2D eigenvalue weighted by Gasteiger charge is -2.24. The Morgan fingerprint density at radius 1 is 0.935 bits per heavy atom. The summed E-state index contributed by atoms with van der Waals surface area (Å²) in [4.78, 5) is 30.2. The fourth-order valence-corrected chi connectivity index (χ4v) is 5.79. The van der Waals surface area contributed by atoms with Crippen LogP contribution in [0.2, 0.25) is 0 Å². The van der Waals surface area contributed by atoms with E-state index in [0.29, 0.717) is 11.3 Å². The zero-order valence-corrected chi connectivity index (χ0v) is 18.3. The van der Waals surface area contributed by atoms with Gasteiger partial charge < -0.3 is 10.2 Å². The molecule has 158 valence electrons. The van der Waals surface area contributed by atoms with E-state index >= 15 is 0 Å². The highest BCUT2D eigenvalue weighted by Crippen LogP contribution is 2.39. The summed E-state index contributed by atoms with van der Waals surface area (Å²) in [5.41, 5.74) is 4.87. The van der Waals surface area contributed by atoms with Crippen LogP contribution in [0.3, 0.4) is 0 Å². The van der Waals surface area contributed by atoms with Crippen LogP contribution in [0.25, 0.3) is 10.4 Å². The van der Waals surface area contributed by atoms with Crippen molar-refractivity contribution in [3.63, 3.8) is 0 Å². The van der Waals surface area contributed by atoms with Gasteiger partial charge in [0.25, 0.3) is 5.91 Å². The fourth-order valence-electron chi connectivity index (χ4n) is 4.62. The van der Waals surface area contributed by atoms with Crippen molar-refractivity contribution >= 4 is 23.2 Å². The highest BCUT2D eigenvalue weighted by molar-refractivity contribution is 7.17. The van der Waals surface area contributed by atoms with Gasteiger partial charge in [-0.1, -0.05) is 54.6 Å². The third kappa shape index (κ3) is 4.15. The number of hydrogen-bond acceptors (Lipinski definition) is 3. The smallest absolute Gasteiger partial charge is 0.262 e. The molecule has 0 saturated carbocycles. The van der Waals surface area contributed by atoms with E-state index in [-0.39, 0.29) is 11.8 Å². The molecule has 1 unspecified atom stereocenters. The molecule has 0 radical (unpaired) electrons. The molecule has 2 heterocycles. The van der Waals surface area contributed by atoms with Crippen molar-refractivity contribution in [3.8, 4) is 10.4 Å². The normalized spacial score (nSPS) is 15.8. The number of benzene rings is 2. The Kier molecular flexibility index (Phi) is 5.60. The van der Waals surface area contributed by atoms with Gasteiger partial charge in [-0.05, 0) is 54.0 Å². The first kappa shape index (κ1) is 20.0. The lowest BCUT2D eigenvalue weighted by Crippen LogP contribution is -2.48. The van der Waals surface area contributed by atoms with Gasteiger partial charge in [-0.2, -0.15) is 0 Å². The second-order valence-electron chi connectivity index (χ2n) is 8.37. The minimum atomic E-state index is -0.542. The van der Waals surface area contributed by atoms with E-state index in [1.807, 2.05) is 41.3 Å². The molecule has 2 aromatic carbocycles. The molecule has 4 nitrogen and oxygen atoms in total. The molecule has 1 saturated heterocycles. The summed E-state index contributed by atoms with van der Waals surface area (Å²) in [6, 6.07) is 19.8. The second kappa shape index (κ2) is 8.67. The van der Waals surface area contributed by atoms with E-state index in [2.05, 4.69) is 29.6 Å². The van der Waals surface area contributed by atoms with Gasteiger partial charge in [0.2, 0.25) is 5.91 Å². The van der Waals surface area contributed by atoms with Gasteiger partial charge in [0.15, 0.2) is 0 Å². The minimum absolute atomic E-state index is 0.0290. The van der Waals surface area contributed by atoms with Crippen molar-refractivity contribution in [2.24, 2.45) is 0 Å². The molecule has 1 N–H and O–H groups in total. The van der Waals surface area contributed by atoms with Gasteiger partial charge in [0, 0.05) is 24.4 Å². The summed E-state index contributed by atoms with van der Waals surface area (Å²) in [6.45, 7) is 1.56. The van der Waals surface area contributed by atoms with Gasteiger partial charge in [0.1, 0.15) is 6.04 Å². The monoisotopic (exact) mass is 430 g/mol. The quantitative estimate of drug-likeness (QED) is 0.649. The van der Waals surface area contributed by atoms with E-state index < -0.39 is 6.04 Å². The maximum absolute atomic E-state index is 13.2. The number of amides is 2. The van der Waals surface area contributed by atoms with E-state index in [4.69, 9.17) is 0 Å². The number of nitrogens with one attached hydrogen (secondary N) is 1. The van der Waals surface area contributed by atoms with Crippen molar-refractivity contribution < 1.29 is 9.59 Å². The molecular weight excluding hydrogens is 404 g/mol. The van der Waals surface area contributed by atoms with Crippen molar-refractivity contribution in [2.75, 3.05) is 13.1 Å². The third-order valence-corrected chi connectivity index (χ3v) is 7.47. The Morgan fingerprint density at radius 3 is 2.45 bits per heavy atom. The predicted molar refractivity (Wildman–Crippen MR) is 124 cm³/mol. The first-order valence-electron chi connectivity index (χ1n) is 11.0. The molecule has 1 aliphatic heterocycles. The van der Waals surface area contributed by atoms with E-state index in [1.54, 1.807) is 11.3 Å². The first-order valence-corrected chi connectivity index (χ1v) is 11.9. The van der Waals surface area contributed by atoms with Crippen LogP contribution in [0.1, 0.15) is 39.2 Å². The Hall–Kier alpha value is -2.92. The number of carbonyl (C=O) groups is 2. The average Bonchev–Trinajstić information content (AvgIpc) is 3.49. The summed E-state index contributed by atoms with van der Waals surface area (Å²) in [5, 5.41) is 3.07. The van der Waals surface area contributed by atoms with Gasteiger partial charge in [0.05, 0.1) is 4.88 Å². The Morgan fingerprint density at radius 2 is 1.65 bits per heavy atom. The number of carbonyl (C=O) groups excluding carboxylic acids is 2. The molecule has 1 atom stereocenters. The zero-order valence-electron chi connectivity index (χ0n) is 17.5. The number of aryl methyl sites for hydroxylation is 2. The highest BCUT2D eigenvalue weighted by atomic mass is 32.1. The molecule has 1 aliphatic carbocycles. The van der Waals surface area contributed by atoms with Crippen molar-refractivity contribution in [1.29, 1.82) is 0 Å². The minimum Gasteiger partial charge on any atom is -0.341 e. The van der Waals surface area contributed by atoms with E-state index in [0.717, 1.165) is 44.3 Å². The summed E-state index contributed by atoms with van der Waals surface area (Å²) >= 11 is 1.54. The lowest BCUT2D eigenvalue weighted by molar-refractivity contribution is -0.132. The number of fused-ring (bicyclic) bond motifs is 3. The molecule has 3 aromatic rings. The van der Waals surface area contributed by atoms with Crippen LogP contribution >= 0.6 is 11.3 Å². The SMILES string of the molecule is O=C(NC(Cc1ccccc1)C(=O)N1CCCC1)c1cc2c(s1)-c1ccccc1CC2. The topological polar surface area (TPSA) is 49.4 Å². The third-order valence-electron chi connectivity index (χ3n) is 6.26. The number of thiophene rings is 1. The van der Waals surface area contributed by atoms with Crippen LogP contribution in [-0.4, -0.2) is 35.8 Å². The van der Waals surface area contributed by atoms with Crippen LogP contribution in [0.15, 0.2) is 60.7 Å². The maximum Gasteiger partial charge on any atom is 0.262 e. The van der Waals surface area contributed by atoms with Gasteiger partial charge in [-0.25, -0.2) is 0 Å². The molecule has 2 aliphatic rings. The van der Waals surface area contributed by atoms with E-state index in [9.17, 15) is 9.59 Å². The van der Waals surface area contributed by atoms with Gasteiger partial charge >= 0.3 is 0 Å². The number of hydrogen-bond donors (Lipinski definition) is 1. The van der Waals surface area contributed by atoms with Gasteiger partial charge in [-0.15, -0.1) is 11.3 Å². The van der Waals surface area contributed by atoms with E-state index in [1.165, 1.54) is 21.6 Å². The predicted octanol–water partition coefficient (Wildman–Crippen LogP) is 4.48. The number of nitrogens with zero attached hydrogens (tertiary/aromatic N) is 1. The Bertz CT molecular complexity index is 1100.